The van der Waals surface area contributed by atoms with Gasteiger partial charge in [-0.3, -0.25) is 19.3 Å². The first kappa shape index (κ1) is 27.0. The van der Waals surface area contributed by atoms with Crippen molar-refractivity contribution in [2.24, 2.45) is 17.6 Å². The molecule has 190 valence electrons. The fourth-order valence-corrected chi connectivity index (χ4v) is 5.65. The first-order valence-electron chi connectivity index (χ1n) is 10.9. The summed E-state index contributed by atoms with van der Waals surface area (Å²) < 4.78 is 0. The molecule has 1 aromatic rings. The van der Waals surface area contributed by atoms with Crippen LogP contribution in [0.5, 0.6) is 5.75 Å². The highest BCUT2D eigenvalue weighted by atomic mass is 127. The lowest BCUT2D eigenvalue weighted by Gasteiger charge is -2.50. The number of Topliss-reactive ketones (excluding diaryl/α,β-unsaturated/α-hetero) is 2. The number of halogens is 1. The minimum absolute atomic E-state index is 0.00184. The predicted octanol–water partition coefficient (Wildman–Crippen LogP) is 1.24. The highest BCUT2D eigenvalue weighted by molar-refractivity contribution is 14.1. The molecule has 1 aromatic carbocycles. The summed E-state index contributed by atoms with van der Waals surface area (Å²) in [6, 6.07) is 2.06. The van der Waals surface area contributed by atoms with Crippen molar-refractivity contribution in [3.63, 3.8) is 0 Å². The van der Waals surface area contributed by atoms with Crippen molar-refractivity contribution in [2.45, 2.75) is 24.5 Å². The van der Waals surface area contributed by atoms with Gasteiger partial charge in [-0.05, 0) is 55.5 Å². The molecule has 35 heavy (non-hydrogen) atoms. The first-order chi connectivity index (χ1) is 16.3. The van der Waals surface area contributed by atoms with Crippen molar-refractivity contribution in [2.75, 3.05) is 38.0 Å². The van der Waals surface area contributed by atoms with Gasteiger partial charge in [0.05, 0.1) is 11.6 Å². The molecule has 6 N–H and O–H groups in total. The Morgan fingerprint density at radius 3 is 2.23 bits per heavy atom. The quantitative estimate of drug-likeness (QED) is 0.195. The van der Waals surface area contributed by atoms with E-state index in [0.29, 0.717) is 5.56 Å². The van der Waals surface area contributed by atoms with Crippen molar-refractivity contribution in [1.29, 1.82) is 0 Å². The van der Waals surface area contributed by atoms with Crippen LogP contribution in [0.2, 0.25) is 0 Å². The number of carbonyl (C=O) groups is 3. The Balaban J connectivity index is 0.00000167. The van der Waals surface area contributed by atoms with Gasteiger partial charge in [0.25, 0.3) is 5.91 Å². The average molecular weight is 599 g/mol. The summed E-state index contributed by atoms with van der Waals surface area (Å²) in [4.78, 5) is 44.0. The van der Waals surface area contributed by atoms with E-state index in [2.05, 4.69) is 22.6 Å². The number of nitrogens with two attached hydrogens (primary N) is 1. The average Bonchev–Trinajstić information content (AvgIpc) is 2.77. The van der Waals surface area contributed by atoms with E-state index in [4.69, 9.17) is 5.73 Å². The molecule has 4 atom stereocenters. The Bertz CT molecular complexity index is 1170. The van der Waals surface area contributed by atoms with E-state index in [9.17, 15) is 34.8 Å². The maximum Gasteiger partial charge on any atom is 0.255 e. The Morgan fingerprint density at radius 1 is 1.11 bits per heavy atom. The molecule has 10 nitrogen and oxygen atoms in total. The Kier molecular flexibility index (Phi) is 7.26. The van der Waals surface area contributed by atoms with Crippen LogP contribution in [0.4, 0.5) is 5.69 Å². The molecule has 0 aromatic heterocycles. The topological polar surface area (TPSA) is 165 Å². The number of fused-ring (bicyclic) bond motifs is 3. The fourth-order valence-electron chi connectivity index (χ4n) is 5.65. The van der Waals surface area contributed by atoms with Gasteiger partial charge < -0.3 is 31.1 Å². The number of aliphatic hydroxyl groups excluding tert-OH is 2. The third-order valence-corrected chi connectivity index (χ3v) is 7.06. The molecule has 3 aliphatic carbocycles. The zero-order chi connectivity index (χ0) is 26.6. The molecule has 0 aliphatic heterocycles. The van der Waals surface area contributed by atoms with Crippen LogP contribution in [-0.2, 0) is 16.0 Å². The minimum atomic E-state index is -2.63. The number of nitrogens with zero attached hydrogens (tertiary/aromatic N) is 2. The van der Waals surface area contributed by atoms with Crippen LogP contribution < -0.4 is 10.6 Å². The second kappa shape index (κ2) is 9.43. The number of allylic oxidation sites excluding steroid dienone is 1. The van der Waals surface area contributed by atoms with Crippen LogP contribution >= 0.6 is 22.6 Å². The van der Waals surface area contributed by atoms with Crippen LogP contribution in [-0.4, -0.2) is 87.6 Å². The number of benzene rings is 1. The normalized spacial score (nSPS) is 27.6. The predicted molar refractivity (Wildman–Crippen MR) is 138 cm³/mol. The van der Waals surface area contributed by atoms with Crippen molar-refractivity contribution in [1.82, 2.24) is 4.90 Å². The number of phenols is 1. The van der Waals surface area contributed by atoms with Gasteiger partial charge in [0.1, 0.15) is 22.8 Å². The molecule has 11 heteroatoms. The number of primary amides is 1. The number of carbonyl (C=O) groups excluding carboxylic acids is 3. The van der Waals surface area contributed by atoms with Crippen molar-refractivity contribution in [3.8, 4) is 5.75 Å². The maximum absolute atomic E-state index is 13.5. The largest absolute Gasteiger partial charge is 0.510 e. The van der Waals surface area contributed by atoms with Crippen molar-refractivity contribution < 1.29 is 34.8 Å². The second-order valence-electron chi connectivity index (χ2n) is 9.31. The third-order valence-electron chi connectivity index (χ3n) is 7.06. The fraction of sp³-hybridized carbons (Fsp3) is 0.458. The van der Waals surface area contributed by atoms with Gasteiger partial charge in [0.15, 0.2) is 11.4 Å². The maximum atomic E-state index is 13.5. The summed E-state index contributed by atoms with van der Waals surface area (Å²) in [5, 5.41) is 43.9. The summed E-state index contributed by atoms with van der Waals surface area (Å²) in [6.07, 6.45) is 0.324. The molecule has 1 amide bonds. The van der Waals surface area contributed by atoms with Crippen LogP contribution in [0.3, 0.4) is 0 Å². The standard InChI is InChI=1S/C23H27N3O7.CH3I/c1-25(2)12-5-6-13(27)15-10(12)7-9-8-11-17(26(3)4)19(29)16(22(24)32)21(31)23(11,33)20(30)14(9)18(15)28;1-2/h5-6,9,11,17,27,29-30,33H,7-8H2,1-4H3,(H2,24,32);1H3/t9-,11-,17-,23-;/m0./s1. The van der Waals surface area contributed by atoms with Gasteiger partial charge in [-0.15, -0.1) is 0 Å². The number of anilines is 1. The molecule has 0 radical (unpaired) electrons. The summed E-state index contributed by atoms with van der Waals surface area (Å²) in [5.41, 5.74) is 3.02. The Hall–Kier alpha value is -2.64. The molecule has 0 saturated carbocycles. The molecule has 3 aliphatic rings. The minimum Gasteiger partial charge on any atom is -0.510 e. The SMILES string of the molecule is CI.CN(C)c1ccc(O)c2c1C[C@H]1C[C@H]3[C@H](N(C)C)C(O)=C(C(N)=O)C(=O)[C@@]3(O)C(O)=C1C2=O. The molecule has 4 rings (SSSR count). The molecular formula is C24H30IN3O7. The van der Waals surface area contributed by atoms with E-state index >= 15 is 0 Å². The second-order valence-corrected chi connectivity index (χ2v) is 9.31. The molecule has 0 heterocycles. The highest BCUT2D eigenvalue weighted by Crippen LogP contribution is 2.52. The summed E-state index contributed by atoms with van der Waals surface area (Å²) in [6.45, 7) is 0. The van der Waals surface area contributed by atoms with E-state index in [0.717, 1.165) is 5.69 Å². The summed E-state index contributed by atoms with van der Waals surface area (Å²) in [5.74, 6) is -6.53. The van der Waals surface area contributed by atoms with Crippen LogP contribution in [0.25, 0.3) is 0 Å². The lowest BCUT2D eigenvalue weighted by molar-refractivity contribution is -0.148. The van der Waals surface area contributed by atoms with E-state index < -0.39 is 58.0 Å². The number of alkyl halides is 1. The molecular weight excluding hydrogens is 569 g/mol. The van der Waals surface area contributed by atoms with E-state index in [1.165, 1.54) is 11.0 Å². The number of rotatable bonds is 3. The number of hydrogen-bond donors (Lipinski definition) is 5. The number of phenolic OH excluding ortho intramolecular Hbond substituents is 1. The highest BCUT2D eigenvalue weighted by Gasteiger charge is 2.63. The zero-order valence-electron chi connectivity index (χ0n) is 20.2. The number of ketones is 2. The van der Waals surface area contributed by atoms with E-state index in [1.807, 2.05) is 4.93 Å². The number of amides is 1. The van der Waals surface area contributed by atoms with Gasteiger partial charge >= 0.3 is 0 Å². The number of likely N-dealkylation sites (N-methyl/N-ethyl adjacent to an activating group) is 1. The summed E-state index contributed by atoms with van der Waals surface area (Å²) >= 11 is 2.15. The Morgan fingerprint density at radius 2 is 1.71 bits per heavy atom. The lowest BCUT2D eigenvalue weighted by Crippen LogP contribution is -2.63. The van der Waals surface area contributed by atoms with Gasteiger partial charge in [0.2, 0.25) is 5.78 Å². The van der Waals surface area contributed by atoms with Gasteiger partial charge in [0, 0.05) is 31.3 Å². The van der Waals surface area contributed by atoms with Crippen LogP contribution in [0.15, 0.2) is 34.8 Å². The molecule has 0 spiro atoms. The van der Waals surface area contributed by atoms with Crippen molar-refractivity contribution in [3.05, 3.63) is 45.9 Å². The van der Waals surface area contributed by atoms with Crippen LogP contribution in [0.1, 0.15) is 22.3 Å². The number of aliphatic hydroxyl groups is 3. The van der Waals surface area contributed by atoms with Gasteiger partial charge in [-0.25, -0.2) is 0 Å². The monoisotopic (exact) mass is 599 g/mol. The first-order valence-corrected chi connectivity index (χ1v) is 13.0. The molecule has 0 fully saturated rings. The number of aromatic hydroxyl groups is 1. The van der Waals surface area contributed by atoms with Gasteiger partial charge in [-0.1, -0.05) is 22.6 Å². The Labute approximate surface area is 216 Å². The zero-order valence-corrected chi connectivity index (χ0v) is 22.3. The molecule has 0 saturated heterocycles. The smallest absolute Gasteiger partial charge is 0.255 e. The third kappa shape index (κ3) is 3.80. The van der Waals surface area contributed by atoms with E-state index in [-0.39, 0.29) is 29.7 Å². The molecule has 0 bridgehead atoms. The molecule has 0 unspecified atom stereocenters. The van der Waals surface area contributed by atoms with Crippen molar-refractivity contribution >= 4 is 45.8 Å². The summed E-state index contributed by atoms with van der Waals surface area (Å²) in [7, 11) is 6.79. The van der Waals surface area contributed by atoms with Gasteiger partial charge in [-0.2, -0.15) is 0 Å². The van der Waals surface area contributed by atoms with E-state index in [1.54, 1.807) is 39.2 Å². The van der Waals surface area contributed by atoms with Crippen LogP contribution in [0, 0.1) is 11.8 Å². The lowest BCUT2D eigenvalue weighted by atomic mass is 9.58. The number of hydrogen-bond acceptors (Lipinski definition) is 9.